The number of unbranched alkanes of at least 4 members (excludes halogenated alkanes) is 2. The number of nitrogens with zero attached hydrogens (tertiary/aromatic N) is 1. The zero-order valence-electron chi connectivity index (χ0n) is 12.7. The van der Waals surface area contributed by atoms with Crippen LogP contribution in [0, 0.1) is 0 Å². The second-order valence-electron chi connectivity index (χ2n) is 5.92. The van der Waals surface area contributed by atoms with E-state index in [-0.39, 0.29) is 6.04 Å². The normalized spacial score (nSPS) is 15.4. The molecule has 0 saturated carbocycles. The van der Waals surface area contributed by atoms with Crippen LogP contribution in [0.25, 0.3) is 0 Å². The molecular formula is C15H30NO2+. The highest BCUT2D eigenvalue weighted by Crippen LogP contribution is 2.34. The molecular weight excluding hydrogens is 226 g/mol. The van der Waals surface area contributed by atoms with Crippen LogP contribution in [0.2, 0.25) is 0 Å². The Hall–Kier alpha value is -0.830. The molecule has 0 bridgehead atoms. The lowest BCUT2D eigenvalue weighted by Gasteiger charge is -2.48. The first-order valence-corrected chi connectivity index (χ1v) is 6.94. The predicted octanol–water partition coefficient (Wildman–Crippen LogP) is 3.45. The molecule has 3 heteroatoms. The van der Waals surface area contributed by atoms with Gasteiger partial charge >= 0.3 is 5.97 Å². The van der Waals surface area contributed by atoms with Crippen molar-refractivity contribution in [1.29, 1.82) is 0 Å². The first-order chi connectivity index (χ1) is 8.26. The average molecular weight is 256 g/mol. The second kappa shape index (κ2) is 6.93. The zero-order chi connectivity index (χ0) is 14.4. The summed E-state index contributed by atoms with van der Waals surface area (Å²) in [6.45, 7) is 10.1. The Morgan fingerprint density at radius 3 is 2.28 bits per heavy atom. The van der Waals surface area contributed by atoms with Gasteiger partial charge in [0.1, 0.15) is 0 Å². The van der Waals surface area contributed by atoms with Crippen LogP contribution in [0.4, 0.5) is 0 Å². The smallest absolute Gasteiger partial charge is 0.366 e. The van der Waals surface area contributed by atoms with Gasteiger partial charge in [-0.3, -0.25) is 0 Å². The maximum atomic E-state index is 11.9. The third-order valence-corrected chi connectivity index (χ3v) is 4.47. The van der Waals surface area contributed by atoms with Gasteiger partial charge in [0, 0.05) is 12.8 Å². The Bertz CT molecular complexity index is 284. The molecule has 1 N–H and O–H groups in total. The maximum absolute atomic E-state index is 11.9. The van der Waals surface area contributed by atoms with Gasteiger partial charge in [-0.05, 0) is 20.3 Å². The van der Waals surface area contributed by atoms with Crippen molar-refractivity contribution in [2.75, 3.05) is 14.1 Å². The fourth-order valence-corrected chi connectivity index (χ4v) is 2.47. The molecule has 0 aliphatic rings. The van der Waals surface area contributed by atoms with Crippen molar-refractivity contribution in [3.63, 3.8) is 0 Å². The lowest BCUT2D eigenvalue weighted by molar-refractivity contribution is -0.951. The maximum Gasteiger partial charge on any atom is 0.366 e. The van der Waals surface area contributed by atoms with E-state index in [1.54, 1.807) is 6.08 Å². The van der Waals surface area contributed by atoms with Crippen molar-refractivity contribution in [2.24, 2.45) is 0 Å². The minimum Gasteiger partial charge on any atom is -0.477 e. The molecule has 0 aromatic heterocycles. The Morgan fingerprint density at radius 2 is 1.94 bits per heavy atom. The topological polar surface area (TPSA) is 37.3 Å². The molecule has 0 aliphatic heterocycles. The van der Waals surface area contributed by atoms with Crippen LogP contribution in [0.3, 0.4) is 0 Å². The van der Waals surface area contributed by atoms with Crippen LogP contribution < -0.4 is 0 Å². The highest BCUT2D eigenvalue weighted by Gasteiger charge is 2.52. The summed E-state index contributed by atoms with van der Waals surface area (Å²) in [4.78, 5) is 11.9. The average Bonchev–Trinajstić information content (AvgIpc) is 2.27. The number of carbonyl (C=O) groups is 1. The zero-order valence-corrected chi connectivity index (χ0v) is 12.7. The SMILES string of the molecule is C=CCC(CCCCC)(C(=O)O)[N+](C)(C)C(C)C. The van der Waals surface area contributed by atoms with E-state index in [1.165, 1.54) is 0 Å². The van der Waals surface area contributed by atoms with Gasteiger partial charge < -0.3 is 9.59 Å². The monoisotopic (exact) mass is 256 g/mol. The summed E-state index contributed by atoms with van der Waals surface area (Å²) in [6.07, 6.45) is 6.15. The molecule has 3 nitrogen and oxygen atoms in total. The summed E-state index contributed by atoms with van der Waals surface area (Å²) in [7, 11) is 4.04. The molecule has 0 amide bonds. The first kappa shape index (κ1) is 17.2. The number of carboxylic acids is 1. The van der Waals surface area contributed by atoms with Gasteiger partial charge in [-0.2, -0.15) is 0 Å². The Kier molecular flexibility index (Phi) is 6.61. The van der Waals surface area contributed by atoms with Gasteiger partial charge in [0.2, 0.25) is 5.54 Å². The summed E-state index contributed by atoms with van der Waals surface area (Å²) in [5, 5.41) is 9.78. The molecule has 0 aliphatic carbocycles. The van der Waals surface area contributed by atoms with E-state index in [0.717, 1.165) is 19.3 Å². The number of likely N-dealkylation sites (N-methyl/N-ethyl adjacent to an activating group) is 1. The number of hydrogen-bond acceptors (Lipinski definition) is 1. The predicted molar refractivity (Wildman–Crippen MR) is 76.6 cm³/mol. The molecule has 0 aromatic rings. The third kappa shape index (κ3) is 3.35. The Labute approximate surface area is 112 Å². The van der Waals surface area contributed by atoms with Crippen LogP contribution in [-0.2, 0) is 4.79 Å². The summed E-state index contributed by atoms with van der Waals surface area (Å²) in [5.74, 6) is -0.697. The van der Waals surface area contributed by atoms with Crippen molar-refractivity contribution in [3.8, 4) is 0 Å². The third-order valence-electron chi connectivity index (χ3n) is 4.47. The molecule has 0 spiro atoms. The molecule has 0 radical (unpaired) electrons. The van der Waals surface area contributed by atoms with Gasteiger partial charge in [-0.15, -0.1) is 6.58 Å². The minimum absolute atomic E-state index is 0.266. The number of hydrogen-bond donors (Lipinski definition) is 1. The van der Waals surface area contributed by atoms with E-state index >= 15 is 0 Å². The van der Waals surface area contributed by atoms with Crippen LogP contribution in [-0.4, -0.2) is 41.2 Å². The molecule has 0 saturated heterocycles. The van der Waals surface area contributed by atoms with E-state index in [1.807, 2.05) is 14.1 Å². The van der Waals surface area contributed by atoms with E-state index < -0.39 is 11.5 Å². The number of rotatable bonds is 9. The van der Waals surface area contributed by atoms with Crippen LogP contribution in [0.1, 0.15) is 52.9 Å². The largest absolute Gasteiger partial charge is 0.477 e. The molecule has 18 heavy (non-hydrogen) atoms. The molecule has 0 fully saturated rings. The van der Waals surface area contributed by atoms with Crippen LogP contribution >= 0.6 is 0 Å². The minimum atomic E-state index is -0.745. The van der Waals surface area contributed by atoms with Gasteiger partial charge in [0.15, 0.2) is 0 Å². The number of aliphatic carboxylic acids is 1. The van der Waals surface area contributed by atoms with Crippen LogP contribution in [0.15, 0.2) is 12.7 Å². The highest BCUT2D eigenvalue weighted by atomic mass is 16.4. The van der Waals surface area contributed by atoms with Gasteiger partial charge in [0.25, 0.3) is 0 Å². The van der Waals surface area contributed by atoms with Crippen LogP contribution in [0.5, 0.6) is 0 Å². The van der Waals surface area contributed by atoms with Gasteiger partial charge in [0.05, 0.1) is 20.1 Å². The Balaban J connectivity index is 5.33. The molecule has 0 heterocycles. The highest BCUT2D eigenvalue weighted by molar-refractivity contribution is 5.77. The van der Waals surface area contributed by atoms with Crippen molar-refractivity contribution in [1.82, 2.24) is 0 Å². The quantitative estimate of drug-likeness (QED) is 0.390. The van der Waals surface area contributed by atoms with Gasteiger partial charge in [-0.1, -0.05) is 25.8 Å². The van der Waals surface area contributed by atoms with Crippen molar-refractivity contribution < 1.29 is 14.4 Å². The number of quaternary nitrogens is 1. The summed E-state index contributed by atoms with van der Waals surface area (Å²) < 4.78 is 0.498. The fourth-order valence-electron chi connectivity index (χ4n) is 2.47. The number of carboxylic acid groups (broad SMARTS) is 1. The molecule has 1 atom stereocenters. The van der Waals surface area contributed by atoms with Crippen molar-refractivity contribution >= 4 is 5.97 Å². The molecule has 0 rings (SSSR count). The van der Waals surface area contributed by atoms with E-state index in [4.69, 9.17) is 0 Å². The molecule has 1 unspecified atom stereocenters. The van der Waals surface area contributed by atoms with Crippen molar-refractivity contribution in [2.45, 2.75) is 64.5 Å². The Morgan fingerprint density at radius 1 is 1.39 bits per heavy atom. The van der Waals surface area contributed by atoms with Gasteiger partial charge in [-0.25, -0.2) is 4.79 Å². The first-order valence-electron chi connectivity index (χ1n) is 6.94. The fraction of sp³-hybridized carbons (Fsp3) is 0.800. The summed E-state index contributed by atoms with van der Waals surface area (Å²) in [6, 6.07) is 0.266. The van der Waals surface area contributed by atoms with E-state index in [0.29, 0.717) is 17.3 Å². The second-order valence-corrected chi connectivity index (χ2v) is 5.92. The van der Waals surface area contributed by atoms with E-state index in [2.05, 4.69) is 27.4 Å². The molecule has 106 valence electrons. The standard InChI is InChI=1S/C15H29NO2/c1-7-9-10-12-15(11-8-2,14(17)18)16(5,6)13(3)4/h8,13H,2,7,9-12H2,1,3-6H3/p+1. The summed E-state index contributed by atoms with van der Waals surface area (Å²) >= 11 is 0. The van der Waals surface area contributed by atoms with Crippen molar-refractivity contribution in [3.05, 3.63) is 12.7 Å². The lowest BCUT2D eigenvalue weighted by atomic mass is 9.84. The summed E-state index contributed by atoms with van der Waals surface area (Å²) in [5.41, 5.74) is -0.745. The molecule has 0 aromatic carbocycles. The van der Waals surface area contributed by atoms with E-state index in [9.17, 15) is 9.90 Å². The lowest BCUT2D eigenvalue weighted by Crippen LogP contribution is -2.66.